The smallest absolute Gasteiger partial charge is 0.336 e. The SMILES string of the molecule is CCCc1nc2c(C)scc2n1Cc1ccc(-c2ccccc2C(=O)O)cc1. The Morgan fingerprint density at radius 2 is 1.89 bits per heavy atom. The summed E-state index contributed by atoms with van der Waals surface area (Å²) in [6.07, 6.45) is 2.02. The van der Waals surface area contributed by atoms with E-state index in [4.69, 9.17) is 4.98 Å². The average molecular weight is 391 g/mol. The van der Waals surface area contributed by atoms with E-state index in [0.717, 1.165) is 41.9 Å². The summed E-state index contributed by atoms with van der Waals surface area (Å²) in [5.41, 5.74) is 5.47. The molecule has 4 rings (SSSR count). The molecule has 0 spiro atoms. The third-order valence-electron chi connectivity index (χ3n) is 5.00. The van der Waals surface area contributed by atoms with E-state index in [1.165, 1.54) is 16.0 Å². The Labute approximate surface area is 168 Å². The van der Waals surface area contributed by atoms with Gasteiger partial charge in [0, 0.05) is 23.2 Å². The van der Waals surface area contributed by atoms with Crippen molar-refractivity contribution in [3.05, 3.63) is 75.7 Å². The molecule has 2 aromatic carbocycles. The van der Waals surface area contributed by atoms with Gasteiger partial charge < -0.3 is 9.67 Å². The Balaban J connectivity index is 1.67. The van der Waals surface area contributed by atoms with E-state index < -0.39 is 5.97 Å². The van der Waals surface area contributed by atoms with Crippen molar-refractivity contribution in [2.24, 2.45) is 0 Å². The number of hydrogen-bond acceptors (Lipinski definition) is 3. The maximum Gasteiger partial charge on any atom is 0.336 e. The van der Waals surface area contributed by atoms with Crippen LogP contribution >= 0.6 is 11.3 Å². The van der Waals surface area contributed by atoms with Crippen LogP contribution in [0.3, 0.4) is 0 Å². The molecule has 0 fully saturated rings. The predicted octanol–water partition coefficient (Wildman–Crippen LogP) is 5.77. The Bertz CT molecular complexity index is 1140. The van der Waals surface area contributed by atoms with Crippen LogP contribution in [0.2, 0.25) is 0 Å². The number of rotatable bonds is 6. The quantitative estimate of drug-likeness (QED) is 0.454. The van der Waals surface area contributed by atoms with Gasteiger partial charge in [-0.25, -0.2) is 9.78 Å². The fourth-order valence-electron chi connectivity index (χ4n) is 3.58. The van der Waals surface area contributed by atoms with Gasteiger partial charge in [-0.1, -0.05) is 49.4 Å². The van der Waals surface area contributed by atoms with E-state index in [1.54, 1.807) is 23.5 Å². The van der Waals surface area contributed by atoms with E-state index in [-0.39, 0.29) is 0 Å². The van der Waals surface area contributed by atoms with Crippen LogP contribution in [-0.4, -0.2) is 20.6 Å². The molecule has 0 unspecified atom stereocenters. The molecule has 0 saturated heterocycles. The van der Waals surface area contributed by atoms with Crippen molar-refractivity contribution in [3.63, 3.8) is 0 Å². The molecule has 2 aromatic heterocycles. The van der Waals surface area contributed by atoms with Gasteiger partial charge in [0.25, 0.3) is 0 Å². The Morgan fingerprint density at radius 1 is 1.14 bits per heavy atom. The van der Waals surface area contributed by atoms with E-state index in [1.807, 2.05) is 24.3 Å². The zero-order valence-electron chi connectivity index (χ0n) is 16.0. The molecule has 142 valence electrons. The van der Waals surface area contributed by atoms with Crippen LogP contribution in [0.25, 0.3) is 22.2 Å². The van der Waals surface area contributed by atoms with Gasteiger partial charge in [0.15, 0.2) is 0 Å². The largest absolute Gasteiger partial charge is 0.478 e. The minimum atomic E-state index is -0.905. The Kier molecular flexibility index (Phi) is 5.01. The van der Waals surface area contributed by atoms with Crippen LogP contribution in [0, 0.1) is 6.92 Å². The summed E-state index contributed by atoms with van der Waals surface area (Å²) >= 11 is 1.74. The number of aryl methyl sites for hydroxylation is 2. The van der Waals surface area contributed by atoms with Gasteiger partial charge in [0.2, 0.25) is 0 Å². The highest BCUT2D eigenvalue weighted by molar-refractivity contribution is 7.11. The molecule has 1 N–H and O–H groups in total. The van der Waals surface area contributed by atoms with Crippen molar-refractivity contribution >= 4 is 28.3 Å². The fraction of sp³-hybridized carbons (Fsp3) is 0.217. The molecule has 0 saturated carbocycles. The van der Waals surface area contributed by atoms with Crippen molar-refractivity contribution < 1.29 is 9.90 Å². The average Bonchev–Trinajstić information content (AvgIpc) is 3.23. The van der Waals surface area contributed by atoms with Gasteiger partial charge in [-0.3, -0.25) is 0 Å². The highest BCUT2D eigenvalue weighted by Crippen LogP contribution is 2.28. The van der Waals surface area contributed by atoms with E-state index >= 15 is 0 Å². The van der Waals surface area contributed by atoms with Crippen molar-refractivity contribution in [3.8, 4) is 11.1 Å². The van der Waals surface area contributed by atoms with Crippen molar-refractivity contribution in [2.75, 3.05) is 0 Å². The number of thiophene rings is 1. The second kappa shape index (κ2) is 7.60. The van der Waals surface area contributed by atoms with Gasteiger partial charge in [0.05, 0.1) is 11.1 Å². The third kappa shape index (κ3) is 3.34. The number of aromatic carboxylic acids is 1. The molecule has 0 aliphatic rings. The van der Waals surface area contributed by atoms with Gasteiger partial charge >= 0.3 is 5.97 Å². The number of nitrogens with zero attached hydrogens (tertiary/aromatic N) is 2. The van der Waals surface area contributed by atoms with Crippen LogP contribution in [0.15, 0.2) is 53.9 Å². The molecule has 4 nitrogen and oxygen atoms in total. The lowest BCUT2D eigenvalue weighted by Gasteiger charge is -2.10. The maximum atomic E-state index is 11.5. The second-order valence-electron chi connectivity index (χ2n) is 6.94. The molecule has 2 heterocycles. The van der Waals surface area contributed by atoms with Crippen LogP contribution in [-0.2, 0) is 13.0 Å². The van der Waals surface area contributed by atoms with Gasteiger partial charge in [-0.05, 0) is 36.1 Å². The molecule has 0 amide bonds. The molecular weight excluding hydrogens is 368 g/mol. The number of carbonyl (C=O) groups is 1. The summed E-state index contributed by atoms with van der Waals surface area (Å²) in [7, 11) is 0. The summed E-state index contributed by atoms with van der Waals surface area (Å²) < 4.78 is 2.31. The van der Waals surface area contributed by atoms with Crippen LogP contribution in [0.4, 0.5) is 0 Å². The molecule has 5 heteroatoms. The molecule has 0 bridgehead atoms. The van der Waals surface area contributed by atoms with Crippen molar-refractivity contribution in [1.82, 2.24) is 9.55 Å². The van der Waals surface area contributed by atoms with Gasteiger partial charge in [-0.2, -0.15) is 0 Å². The number of hydrogen-bond donors (Lipinski definition) is 1. The van der Waals surface area contributed by atoms with Crippen LogP contribution < -0.4 is 0 Å². The summed E-state index contributed by atoms with van der Waals surface area (Å²) in [6.45, 7) is 5.06. The van der Waals surface area contributed by atoms with Crippen molar-refractivity contribution in [2.45, 2.75) is 33.2 Å². The van der Waals surface area contributed by atoms with Gasteiger partial charge in [0.1, 0.15) is 11.3 Å². The number of imidazole rings is 1. The van der Waals surface area contributed by atoms with Crippen LogP contribution in [0.1, 0.15) is 40.0 Å². The number of carboxylic acid groups (broad SMARTS) is 1. The molecule has 0 radical (unpaired) electrons. The molecular formula is C23H22N2O2S. The number of aromatic nitrogens is 2. The summed E-state index contributed by atoms with van der Waals surface area (Å²) in [6, 6.07) is 15.3. The van der Waals surface area contributed by atoms with E-state index in [9.17, 15) is 9.90 Å². The van der Waals surface area contributed by atoms with E-state index in [2.05, 4.69) is 35.9 Å². The Morgan fingerprint density at radius 3 is 2.61 bits per heavy atom. The van der Waals surface area contributed by atoms with Crippen molar-refractivity contribution in [1.29, 1.82) is 0 Å². The van der Waals surface area contributed by atoms with Crippen LogP contribution in [0.5, 0.6) is 0 Å². The maximum absolute atomic E-state index is 11.5. The Hall–Kier alpha value is -2.92. The highest BCUT2D eigenvalue weighted by Gasteiger charge is 2.14. The first kappa shape index (κ1) is 18.4. The molecule has 28 heavy (non-hydrogen) atoms. The lowest BCUT2D eigenvalue weighted by Crippen LogP contribution is -2.05. The van der Waals surface area contributed by atoms with Gasteiger partial charge in [-0.15, -0.1) is 11.3 Å². The summed E-state index contributed by atoms with van der Waals surface area (Å²) in [5, 5.41) is 11.6. The molecule has 4 aromatic rings. The summed E-state index contributed by atoms with van der Waals surface area (Å²) in [4.78, 5) is 17.6. The predicted molar refractivity (Wildman–Crippen MR) is 114 cm³/mol. The number of fused-ring (bicyclic) bond motifs is 1. The number of benzene rings is 2. The number of carboxylic acids is 1. The third-order valence-corrected chi connectivity index (χ3v) is 5.89. The zero-order chi connectivity index (χ0) is 19.7. The first-order chi connectivity index (χ1) is 13.6. The lowest BCUT2D eigenvalue weighted by atomic mass is 9.99. The monoisotopic (exact) mass is 390 g/mol. The lowest BCUT2D eigenvalue weighted by molar-refractivity contribution is 0.0697. The topological polar surface area (TPSA) is 55.1 Å². The molecule has 0 atom stereocenters. The fourth-order valence-corrected chi connectivity index (χ4v) is 4.37. The standard InChI is InChI=1S/C23H22N2O2S/c1-3-6-21-24-22-15(2)28-14-20(22)25(21)13-16-9-11-17(12-10-16)18-7-4-5-8-19(18)23(26)27/h4-5,7-12,14H,3,6,13H2,1-2H3,(H,26,27). The second-order valence-corrected chi connectivity index (χ2v) is 8.02. The van der Waals surface area contributed by atoms with E-state index in [0.29, 0.717) is 5.56 Å². The molecule has 0 aliphatic carbocycles. The highest BCUT2D eigenvalue weighted by atomic mass is 32.1. The zero-order valence-corrected chi connectivity index (χ0v) is 16.8. The first-order valence-corrected chi connectivity index (χ1v) is 10.3. The molecule has 0 aliphatic heterocycles. The minimum Gasteiger partial charge on any atom is -0.478 e. The minimum absolute atomic E-state index is 0.325. The summed E-state index contributed by atoms with van der Waals surface area (Å²) in [5.74, 6) is 0.223. The normalized spacial score (nSPS) is 11.2. The first-order valence-electron chi connectivity index (χ1n) is 9.43.